The van der Waals surface area contributed by atoms with Crippen molar-refractivity contribution < 1.29 is 4.42 Å². The quantitative estimate of drug-likeness (QED) is 0.173. The van der Waals surface area contributed by atoms with Crippen molar-refractivity contribution in [3.63, 3.8) is 0 Å². The van der Waals surface area contributed by atoms with Crippen LogP contribution in [-0.2, 0) is 0 Å². The molecule has 57 heavy (non-hydrogen) atoms. The first-order valence-electron chi connectivity index (χ1n) is 19.5. The molecule has 0 saturated heterocycles. The van der Waals surface area contributed by atoms with E-state index in [9.17, 15) is 0 Å². The van der Waals surface area contributed by atoms with E-state index in [0.717, 1.165) is 44.3 Å². The lowest BCUT2D eigenvalue weighted by molar-refractivity contribution is 0.666. The lowest BCUT2D eigenvalue weighted by Gasteiger charge is -2.10. The van der Waals surface area contributed by atoms with Gasteiger partial charge in [-0.15, -0.1) is 0 Å². The summed E-state index contributed by atoms with van der Waals surface area (Å²) in [6.07, 6.45) is 0. The van der Waals surface area contributed by atoms with E-state index in [2.05, 4.69) is 209 Å². The summed E-state index contributed by atoms with van der Waals surface area (Å²) >= 11 is 0. The second kappa shape index (κ2) is 12.5. The van der Waals surface area contributed by atoms with Crippen LogP contribution in [0.5, 0.6) is 0 Å². The van der Waals surface area contributed by atoms with Crippen molar-refractivity contribution >= 4 is 65.6 Å². The van der Waals surface area contributed by atoms with Gasteiger partial charge in [0.15, 0.2) is 5.58 Å². The van der Waals surface area contributed by atoms with Crippen LogP contribution in [0.25, 0.3) is 110 Å². The summed E-state index contributed by atoms with van der Waals surface area (Å²) in [4.78, 5) is 0. The normalized spacial score (nSPS) is 11.9. The molecule has 0 N–H and O–H groups in total. The molecule has 0 unspecified atom stereocenters. The van der Waals surface area contributed by atoms with Gasteiger partial charge in [-0.3, -0.25) is 0 Å². The molecule has 0 aliphatic heterocycles. The Morgan fingerprint density at radius 2 is 0.702 bits per heavy atom. The highest BCUT2D eigenvalue weighted by atomic mass is 16.3. The first-order valence-corrected chi connectivity index (χ1v) is 19.5. The molecule has 3 heteroatoms. The van der Waals surface area contributed by atoms with Gasteiger partial charge in [0.05, 0.1) is 27.8 Å². The van der Waals surface area contributed by atoms with Crippen LogP contribution in [0.15, 0.2) is 211 Å². The number of fused-ring (bicyclic) bond motifs is 9. The van der Waals surface area contributed by atoms with Crippen LogP contribution in [0.3, 0.4) is 0 Å². The highest BCUT2D eigenvalue weighted by Gasteiger charge is 2.20. The SMILES string of the molecule is c1ccc(-c2ccc3c(c2)c2cc(-c4ccc5c(c4)c4cc(-c6ccccc6)ccc4n5-c4cccc5c4oc4ccccc45)ccc2n3-c2ccccc2)cc1. The Balaban J connectivity index is 1.10. The van der Waals surface area contributed by atoms with Crippen molar-refractivity contribution in [2.24, 2.45) is 0 Å². The van der Waals surface area contributed by atoms with Gasteiger partial charge in [0, 0.05) is 38.0 Å². The van der Waals surface area contributed by atoms with Crippen LogP contribution < -0.4 is 0 Å². The van der Waals surface area contributed by atoms with E-state index < -0.39 is 0 Å². The summed E-state index contributed by atoms with van der Waals surface area (Å²) in [6.45, 7) is 0. The van der Waals surface area contributed by atoms with Crippen LogP contribution >= 0.6 is 0 Å². The van der Waals surface area contributed by atoms with Gasteiger partial charge in [-0.1, -0.05) is 133 Å². The second-order valence-corrected chi connectivity index (χ2v) is 14.9. The first kappa shape index (κ1) is 31.7. The maximum Gasteiger partial charge on any atom is 0.159 e. The van der Waals surface area contributed by atoms with E-state index in [0.29, 0.717) is 0 Å². The molecular formula is C54H34N2O. The first-order chi connectivity index (χ1) is 28.3. The zero-order valence-corrected chi connectivity index (χ0v) is 30.9. The lowest BCUT2D eigenvalue weighted by Crippen LogP contribution is -1.94. The van der Waals surface area contributed by atoms with Gasteiger partial charge < -0.3 is 13.6 Å². The summed E-state index contributed by atoms with van der Waals surface area (Å²) in [5, 5.41) is 7.12. The molecule has 0 amide bonds. The fourth-order valence-corrected chi connectivity index (χ4v) is 9.05. The molecule has 0 radical (unpaired) electrons. The summed E-state index contributed by atoms with van der Waals surface area (Å²) in [6, 6.07) is 74.5. The maximum absolute atomic E-state index is 6.62. The smallest absolute Gasteiger partial charge is 0.159 e. The van der Waals surface area contributed by atoms with E-state index in [1.165, 1.54) is 66.0 Å². The number of furan rings is 1. The van der Waals surface area contributed by atoms with Gasteiger partial charge >= 0.3 is 0 Å². The minimum absolute atomic E-state index is 0.892. The monoisotopic (exact) mass is 726 g/mol. The molecule has 266 valence electrons. The lowest BCUT2D eigenvalue weighted by atomic mass is 9.98. The van der Waals surface area contributed by atoms with Crippen molar-refractivity contribution in [3.8, 4) is 44.8 Å². The van der Waals surface area contributed by atoms with Crippen LogP contribution in [0.2, 0.25) is 0 Å². The molecule has 0 atom stereocenters. The molecule has 3 nitrogen and oxygen atoms in total. The van der Waals surface area contributed by atoms with Crippen molar-refractivity contribution in [1.82, 2.24) is 9.13 Å². The van der Waals surface area contributed by atoms with E-state index in [1.807, 2.05) is 6.07 Å². The molecule has 0 saturated carbocycles. The second-order valence-electron chi connectivity index (χ2n) is 14.9. The van der Waals surface area contributed by atoms with Gasteiger partial charge in [0.1, 0.15) is 5.58 Å². The molecule has 0 fully saturated rings. The van der Waals surface area contributed by atoms with Gasteiger partial charge in [-0.2, -0.15) is 0 Å². The fraction of sp³-hybridized carbons (Fsp3) is 0. The average molecular weight is 727 g/mol. The summed E-state index contributed by atoms with van der Waals surface area (Å²) in [5.41, 5.74) is 15.8. The predicted molar refractivity (Wildman–Crippen MR) is 239 cm³/mol. The van der Waals surface area contributed by atoms with Gasteiger partial charge in [-0.25, -0.2) is 0 Å². The fourth-order valence-electron chi connectivity index (χ4n) is 9.05. The zero-order chi connectivity index (χ0) is 37.5. The van der Waals surface area contributed by atoms with Crippen LogP contribution in [0.4, 0.5) is 0 Å². The third kappa shape index (κ3) is 4.92. The molecule has 9 aromatic carbocycles. The number of para-hydroxylation sites is 3. The highest BCUT2D eigenvalue weighted by Crippen LogP contribution is 2.42. The summed E-state index contributed by atoms with van der Waals surface area (Å²) in [7, 11) is 0. The van der Waals surface area contributed by atoms with Crippen molar-refractivity contribution in [3.05, 3.63) is 206 Å². The van der Waals surface area contributed by atoms with E-state index in [-0.39, 0.29) is 0 Å². The van der Waals surface area contributed by atoms with E-state index >= 15 is 0 Å². The van der Waals surface area contributed by atoms with Crippen LogP contribution in [-0.4, -0.2) is 9.13 Å². The predicted octanol–water partition coefficient (Wildman–Crippen LogP) is 14.8. The third-order valence-corrected chi connectivity index (χ3v) is 11.7. The standard InChI is InChI=1S/C54H34N2O/c1-4-13-35(14-5-1)37-23-27-48-44(31-37)45-33-39(25-28-49(45)55(48)41-17-8-3-9-18-41)40-26-30-51-47(34-40)46-32-38(36-15-6-2-7-16-36)24-29-50(46)56(51)52-21-12-20-43-42-19-10-11-22-53(42)57-54(43)52/h1-34H. The van der Waals surface area contributed by atoms with Crippen molar-refractivity contribution in [1.29, 1.82) is 0 Å². The maximum atomic E-state index is 6.62. The number of hydrogen-bond acceptors (Lipinski definition) is 1. The molecule has 3 heterocycles. The molecule has 12 rings (SSSR count). The largest absolute Gasteiger partial charge is 0.454 e. The third-order valence-electron chi connectivity index (χ3n) is 11.7. The Morgan fingerprint density at radius 1 is 0.281 bits per heavy atom. The van der Waals surface area contributed by atoms with Crippen LogP contribution in [0.1, 0.15) is 0 Å². The van der Waals surface area contributed by atoms with Crippen molar-refractivity contribution in [2.75, 3.05) is 0 Å². The topological polar surface area (TPSA) is 23.0 Å². The van der Waals surface area contributed by atoms with E-state index in [1.54, 1.807) is 0 Å². The van der Waals surface area contributed by atoms with Gasteiger partial charge in [-0.05, 0) is 106 Å². The van der Waals surface area contributed by atoms with Crippen LogP contribution in [0, 0.1) is 0 Å². The zero-order valence-electron chi connectivity index (χ0n) is 30.9. The number of nitrogens with zero attached hydrogens (tertiary/aromatic N) is 2. The Morgan fingerprint density at radius 3 is 1.23 bits per heavy atom. The van der Waals surface area contributed by atoms with E-state index in [4.69, 9.17) is 4.42 Å². The average Bonchev–Trinajstić information content (AvgIpc) is 3.94. The Hall–Kier alpha value is -7.62. The molecular weight excluding hydrogens is 693 g/mol. The molecule has 12 aromatic rings. The minimum atomic E-state index is 0.892. The molecule has 0 bridgehead atoms. The number of benzene rings is 9. The highest BCUT2D eigenvalue weighted by molar-refractivity contribution is 6.15. The minimum Gasteiger partial charge on any atom is -0.454 e. The number of hydrogen-bond donors (Lipinski definition) is 0. The summed E-state index contributed by atoms with van der Waals surface area (Å²) < 4.78 is 11.4. The van der Waals surface area contributed by atoms with Crippen molar-refractivity contribution in [2.45, 2.75) is 0 Å². The van der Waals surface area contributed by atoms with Gasteiger partial charge in [0.25, 0.3) is 0 Å². The Bertz CT molecular complexity index is 3500. The Labute approximate surface area is 328 Å². The van der Waals surface area contributed by atoms with Gasteiger partial charge in [0.2, 0.25) is 0 Å². The number of aromatic nitrogens is 2. The molecule has 0 spiro atoms. The Kier molecular flexibility index (Phi) is 6.93. The molecule has 0 aliphatic carbocycles. The number of rotatable bonds is 5. The molecule has 3 aromatic heterocycles. The molecule has 0 aliphatic rings. The summed E-state index contributed by atoms with van der Waals surface area (Å²) in [5.74, 6) is 0.